The summed E-state index contributed by atoms with van der Waals surface area (Å²) in [6.45, 7) is 5.68. The summed E-state index contributed by atoms with van der Waals surface area (Å²) in [5.74, 6) is 0.913. The van der Waals surface area contributed by atoms with E-state index in [0.717, 1.165) is 12.5 Å². The summed E-state index contributed by atoms with van der Waals surface area (Å²) in [7, 11) is 0. The molecular weight excluding hydrogens is 146 g/mol. The van der Waals surface area contributed by atoms with Crippen molar-refractivity contribution in [3.05, 3.63) is 0 Å². The quantitative estimate of drug-likeness (QED) is 0.545. The molecule has 12 heavy (non-hydrogen) atoms. The lowest BCUT2D eigenvalue weighted by Crippen LogP contribution is -2.53. The largest absolute Gasteiger partial charge is 0.357 e. The first kappa shape index (κ1) is 12.0. The molecule has 3 N–H and O–H groups in total. The van der Waals surface area contributed by atoms with Gasteiger partial charge in [0, 0.05) is 5.92 Å². The summed E-state index contributed by atoms with van der Waals surface area (Å²) in [4.78, 5) is 0. The summed E-state index contributed by atoms with van der Waals surface area (Å²) >= 11 is 0. The third kappa shape index (κ3) is 6.66. The Morgan fingerprint density at radius 2 is 1.50 bits per heavy atom. The van der Waals surface area contributed by atoms with Gasteiger partial charge in [0.15, 0.2) is 0 Å². The van der Waals surface area contributed by atoms with Gasteiger partial charge in [0.2, 0.25) is 0 Å². The number of hydrogen-bond donors (Lipinski definition) is 1. The molecule has 0 saturated carbocycles. The van der Waals surface area contributed by atoms with Crippen molar-refractivity contribution >= 4 is 0 Å². The van der Waals surface area contributed by atoms with E-state index in [1.54, 1.807) is 0 Å². The zero-order chi connectivity index (χ0) is 9.23. The van der Waals surface area contributed by atoms with Crippen molar-refractivity contribution in [2.24, 2.45) is 5.92 Å². The molecule has 0 aliphatic heterocycles. The maximum Gasteiger partial charge on any atom is 0.0768 e. The SMILES string of the molecule is CCCCCC(C[NH3+])CCCC. The standard InChI is InChI=1S/C11H25N/c1-3-5-7-9-11(10-12)8-6-4-2/h11H,3-10,12H2,1-2H3/p+1. The predicted octanol–water partition coefficient (Wildman–Crippen LogP) is 2.62. The van der Waals surface area contributed by atoms with E-state index in [-0.39, 0.29) is 0 Å². The van der Waals surface area contributed by atoms with Crippen LogP contribution >= 0.6 is 0 Å². The van der Waals surface area contributed by atoms with Gasteiger partial charge in [-0.15, -0.1) is 0 Å². The molecule has 1 unspecified atom stereocenters. The smallest absolute Gasteiger partial charge is 0.0768 e. The second-order valence-electron chi connectivity index (χ2n) is 3.79. The van der Waals surface area contributed by atoms with Crippen LogP contribution in [0, 0.1) is 5.92 Å². The van der Waals surface area contributed by atoms with Gasteiger partial charge in [-0.2, -0.15) is 0 Å². The first-order chi connectivity index (χ1) is 5.85. The summed E-state index contributed by atoms with van der Waals surface area (Å²) in [5, 5.41) is 0. The van der Waals surface area contributed by atoms with Crippen molar-refractivity contribution in [1.82, 2.24) is 0 Å². The number of hydrogen-bond acceptors (Lipinski definition) is 0. The third-order valence-corrected chi connectivity index (χ3v) is 2.59. The molecule has 1 nitrogen and oxygen atoms in total. The Bertz CT molecular complexity index is 81.1. The lowest BCUT2D eigenvalue weighted by Gasteiger charge is -2.11. The van der Waals surface area contributed by atoms with Crippen LogP contribution < -0.4 is 5.73 Å². The molecule has 0 aliphatic carbocycles. The van der Waals surface area contributed by atoms with Gasteiger partial charge in [-0.3, -0.25) is 0 Å². The molecule has 0 radical (unpaired) electrons. The van der Waals surface area contributed by atoms with Crippen LogP contribution in [0.15, 0.2) is 0 Å². The molecule has 0 aromatic carbocycles. The van der Waals surface area contributed by atoms with Crippen LogP contribution in [0.2, 0.25) is 0 Å². The highest BCUT2D eigenvalue weighted by Gasteiger charge is 2.06. The number of unbranched alkanes of at least 4 members (excludes halogenated alkanes) is 3. The predicted molar refractivity (Wildman–Crippen MR) is 54.9 cm³/mol. The zero-order valence-electron chi connectivity index (χ0n) is 8.94. The highest BCUT2D eigenvalue weighted by molar-refractivity contribution is 4.57. The molecule has 0 rings (SSSR count). The maximum atomic E-state index is 4.02. The Balaban J connectivity index is 3.26. The first-order valence-corrected chi connectivity index (χ1v) is 5.64. The van der Waals surface area contributed by atoms with Gasteiger partial charge in [-0.05, 0) is 12.8 Å². The van der Waals surface area contributed by atoms with Crippen LogP contribution in [0.1, 0.15) is 58.8 Å². The van der Waals surface area contributed by atoms with E-state index in [4.69, 9.17) is 0 Å². The van der Waals surface area contributed by atoms with Crippen LogP contribution in [0.3, 0.4) is 0 Å². The first-order valence-electron chi connectivity index (χ1n) is 5.64. The van der Waals surface area contributed by atoms with E-state index in [1.165, 1.54) is 44.9 Å². The van der Waals surface area contributed by atoms with Gasteiger partial charge in [-0.25, -0.2) is 0 Å². The Hall–Kier alpha value is -0.0400. The third-order valence-electron chi connectivity index (χ3n) is 2.59. The van der Waals surface area contributed by atoms with Gasteiger partial charge in [0.05, 0.1) is 6.54 Å². The topological polar surface area (TPSA) is 27.6 Å². The van der Waals surface area contributed by atoms with E-state index < -0.39 is 0 Å². The Morgan fingerprint density at radius 3 is 2.00 bits per heavy atom. The molecule has 0 aliphatic rings. The fourth-order valence-electron chi connectivity index (χ4n) is 1.61. The van der Waals surface area contributed by atoms with E-state index in [1.807, 2.05) is 0 Å². The van der Waals surface area contributed by atoms with Crippen LogP contribution in [-0.2, 0) is 0 Å². The summed E-state index contributed by atoms with van der Waals surface area (Å²) in [6, 6.07) is 0. The van der Waals surface area contributed by atoms with Crippen molar-refractivity contribution in [1.29, 1.82) is 0 Å². The fourth-order valence-corrected chi connectivity index (χ4v) is 1.61. The molecule has 74 valence electrons. The zero-order valence-corrected chi connectivity index (χ0v) is 8.94. The van der Waals surface area contributed by atoms with Gasteiger partial charge in [0.1, 0.15) is 0 Å². The van der Waals surface area contributed by atoms with Crippen molar-refractivity contribution in [2.75, 3.05) is 6.54 Å². The van der Waals surface area contributed by atoms with Crippen LogP contribution in [0.4, 0.5) is 0 Å². The van der Waals surface area contributed by atoms with Crippen LogP contribution in [0.5, 0.6) is 0 Å². The van der Waals surface area contributed by atoms with E-state index in [2.05, 4.69) is 19.6 Å². The van der Waals surface area contributed by atoms with Crippen LogP contribution in [0.25, 0.3) is 0 Å². The molecule has 0 aromatic rings. The summed E-state index contributed by atoms with van der Waals surface area (Å²) in [5.41, 5.74) is 4.02. The lowest BCUT2D eigenvalue weighted by molar-refractivity contribution is -0.379. The fraction of sp³-hybridized carbons (Fsp3) is 1.00. The van der Waals surface area contributed by atoms with Crippen molar-refractivity contribution in [3.8, 4) is 0 Å². The monoisotopic (exact) mass is 172 g/mol. The molecule has 0 aromatic heterocycles. The van der Waals surface area contributed by atoms with Crippen molar-refractivity contribution in [2.45, 2.75) is 58.8 Å². The minimum Gasteiger partial charge on any atom is -0.357 e. The molecule has 0 amide bonds. The van der Waals surface area contributed by atoms with E-state index in [9.17, 15) is 0 Å². The average Bonchev–Trinajstić information content (AvgIpc) is 2.11. The molecule has 0 bridgehead atoms. The molecule has 1 atom stereocenters. The maximum absolute atomic E-state index is 4.02. The summed E-state index contributed by atoms with van der Waals surface area (Å²) in [6.07, 6.45) is 9.72. The normalized spacial score (nSPS) is 13.2. The second kappa shape index (κ2) is 9.05. The highest BCUT2D eigenvalue weighted by atomic mass is 14.5. The molecular formula is C11H26N+. The Labute approximate surface area is 77.7 Å². The number of rotatable bonds is 8. The second-order valence-corrected chi connectivity index (χ2v) is 3.79. The highest BCUT2D eigenvalue weighted by Crippen LogP contribution is 2.14. The minimum atomic E-state index is 0.913. The average molecular weight is 172 g/mol. The molecule has 0 heterocycles. The van der Waals surface area contributed by atoms with Crippen molar-refractivity contribution in [3.63, 3.8) is 0 Å². The van der Waals surface area contributed by atoms with E-state index >= 15 is 0 Å². The van der Waals surface area contributed by atoms with Gasteiger partial charge in [-0.1, -0.05) is 46.0 Å². The summed E-state index contributed by atoms with van der Waals surface area (Å²) < 4.78 is 0. The minimum absolute atomic E-state index is 0.913. The van der Waals surface area contributed by atoms with Gasteiger partial charge >= 0.3 is 0 Å². The molecule has 0 fully saturated rings. The molecule has 0 spiro atoms. The van der Waals surface area contributed by atoms with Gasteiger partial charge < -0.3 is 5.73 Å². The molecule has 1 heteroatoms. The van der Waals surface area contributed by atoms with Crippen molar-refractivity contribution < 1.29 is 5.73 Å². The lowest BCUT2D eigenvalue weighted by atomic mass is 9.96. The van der Waals surface area contributed by atoms with Crippen LogP contribution in [-0.4, -0.2) is 6.54 Å². The number of quaternary nitrogens is 1. The molecule has 0 saturated heterocycles. The van der Waals surface area contributed by atoms with E-state index in [0.29, 0.717) is 0 Å². The Morgan fingerprint density at radius 1 is 0.917 bits per heavy atom. The van der Waals surface area contributed by atoms with Gasteiger partial charge in [0.25, 0.3) is 0 Å². The Kier molecular flexibility index (Phi) is 9.02.